The van der Waals surface area contributed by atoms with Crippen molar-refractivity contribution in [1.29, 1.82) is 0 Å². The van der Waals surface area contributed by atoms with Gasteiger partial charge in [0.2, 0.25) is 0 Å². The van der Waals surface area contributed by atoms with Crippen LogP contribution in [0.4, 0.5) is 0 Å². The second-order valence-electron chi connectivity index (χ2n) is 4.32. The van der Waals surface area contributed by atoms with Gasteiger partial charge in [0.25, 0.3) is 0 Å². The van der Waals surface area contributed by atoms with Crippen LogP contribution in [-0.2, 0) is 0 Å². The van der Waals surface area contributed by atoms with Crippen LogP contribution >= 0.6 is 0 Å². The van der Waals surface area contributed by atoms with Gasteiger partial charge in [-0.3, -0.25) is 0 Å². The van der Waals surface area contributed by atoms with E-state index in [1.165, 1.54) is 64.7 Å². The number of nitrogens with one attached hydrogen (secondary N) is 1. The third-order valence-electron chi connectivity index (χ3n) is 3.03. The molecule has 2 heteroatoms. The maximum absolute atomic E-state index is 3.37. The van der Waals surface area contributed by atoms with E-state index in [0.29, 0.717) is 0 Å². The molecule has 1 N–H and O–H groups in total. The minimum absolute atomic E-state index is 1.12. The van der Waals surface area contributed by atoms with Crippen LogP contribution < -0.4 is 5.32 Å². The number of piperidine rings is 1. The number of rotatable bonds is 7. The van der Waals surface area contributed by atoms with Gasteiger partial charge in [-0.15, -0.1) is 0 Å². The minimum Gasteiger partial charge on any atom is -0.317 e. The second-order valence-corrected chi connectivity index (χ2v) is 4.32. The summed E-state index contributed by atoms with van der Waals surface area (Å²) in [6.07, 6.45) is 8.45. The van der Waals surface area contributed by atoms with Gasteiger partial charge in [-0.25, -0.2) is 0 Å². The van der Waals surface area contributed by atoms with Crippen LogP contribution in [-0.4, -0.2) is 37.6 Å². The van der Waals surface area contributed by atoms with E-state index in [-0.39, 0.29) is 0 Å². The number of likely N-dealkylation sites (tertiary alicyclic amines) is 1. The van der Waals surface area contributed by atoms with Crippen molar-refractivity contribution in [3.05, 3.63) is 0 Å². The summed E-state index contributed by atoms with van der Waals surface area (Å²) in [4.78, 5) is 2.64. The first-order valence-electron chi connectivity index (χ1n) is 6.36. The Morgan fingerprint density at radius 1 is 1.00 bits per heavy atom. The molecular formula is C12H26N2. The lowest BCUT2D eigenvalue weighted by atomic mass is 10.1. The molecule has 0 aromatic carbocycles. The summed E-state index contributed by atoms with van der Waals surface area (Å²) in [5.41, 5.74) is 0. The molecule has 1 rings (SSSR count). The first-order valence-corrected chi connectivity index (χ1v) is 6.36. The molecule has 14 heavy (non-hydrogen) atoms. The zero-order valence-electron chi connectivity index (χ0n) is 9.73. The number of hydrogen-bond acceptors (Lipinski definition) is 2. The van der Waals surface area contributed by atoms with Crippen molar-refractivity contribution in [1.82, 2.24) is 10.2 Å². The molecule has 0 aliphatic carbocycles. The fourth-order valence-corrected chi connectivity index (χ4v) is 2.12. The Bertz CT molecular complexity index is 119. The quantitative estimate of drug-likeness (QED) is 0.631. The van der Waals surface area contributed by atoms with Gasteiger partial charge in [0.1, 0.15) is 0 Å². The van der Waals surface area contributed by atoms with Gasteiger partial charge < -0.3 is 10.2 Å². The molecule has 0 aromatic heterocycles. The van der Waals surface area contributed by atoms with Gasteiger partial charge in [0.15, 0.2) is 0 Å². The Balaban J connectivity index is 1.82. The van der Waals surface area contributed by atoms with E-state index < -0.39 is 0 Å². The SMILES string of the molecule is CCNCCCCCN1CCCCC1. The Hall–Kier alpha value is -0.0800. The Morgan fingerprint density at radius 2 is 1.79 bits per heavy atom. The van der Waals surface area contributed by atoms with Gasteiger partial charge in [0, 0.05) is 0 Å². The number of unbranched alkanes of at least 4 members (excludes halogenated alkanes) is 2. The topological polar surface area (TPSA) is 15.3 Å². The van der Waals surface area contributed by atoms with Crippen molar-refractivity contribution in [3.8, 4) is 0 Å². The predicted octanol–water partition coefficient (Wildman–Crippen LogP) is 2.25. The fourth-order valence-electron chi connectivity index (χ4n) is 2.12. The fraction of sp³-hybridized carbons (Fsp3) is 1.00. The third kappa shape index (κ3) is 5.61. The molecule has 2 nitrogen and oxygen atoms in total. The zero-order chi connectivity index (χ0) is 10.1. The Labute approximate surface area is 89.1 Å². The zero-order valence-corrected chi connectivity index (χ0v) is 9.73. The molecule has 0 amide bonds. The highest BCUT2D eigenvalue weighted by atomic mass is 15.1. The van der Waals surface area contributed by atoms with E-state index in [4.69, 9.17) is 0 Å². The smallest absolute Gasteiger partial charge is 0.00187 e. The lowest BCUT2D eigenvalue weighted by molar-refractivity contribution is 0.224. The van der Waals surface area contributed by atoms with Crippen molar-refractivity contribution in [2.75, 3.05) is 32.7 Å². The van der Waals surface area contributed by atoms with Crippen molar-refractivity contribution in [2.45, 2.75) is 45.4 Å². The third-order valence-corrected chi connectivity index (χ3v) is 3.03. The molecule has 0 unspecified atom stereocenters. The minimum atomic E-state index is 1.12. The maximum Gasteiger partial charge on any atom is -0.00187 e. The van der Waals surface area contributed by atoms with Crippen LogP contribution in [0.25, 0.3) is 0 Å². The van der Waals surface area contributed by atoms with Crippen LogP contribution in [0.1, 0.15) is 45.4 Å². The molecule has 1 heterocycles. The molecule has 0 spiro atoms. The lowest BCUT2D eigenvalue weighted by Crippen LogP contribution is -2.30. The molecule has 84 valence electrons. The van der Waals surface area contributed by atoms with Crippen molar-refractivity contribution >= 4 is 0 Å². The molecule has 0 radical (unpaired) electrons. The van der Waals surface area contributed by atoms with E-state index in [1.807, 2.05) is 0 Å². The summed E-state index contributed by atoms with van der Waals surface area (Å²) in [7, 11) is 0. The molecule has 1 aliphatic heterocycles. The van der Waals surface area contributed by atoms with Crippen molar-refractivity contribution < 1.29 is 0 Å². The number of hydrogen-bond donors (Lipinski definition) is 1. The average Bonchev–Trinajstić information content (AvgIpc) is 2.25. The molecule has 0 bridgehead atoms. The highest BCUT2D eigenvalue weighted by Crippen LogP contribution is 2.09. The van der Waals surface area contributed by atoms with E-state index in [2.05, 4.69) is 17.1 Å². The summed E-state index contributed by atoms with van der Waals surface area (Å²) < 4.78 is 0. The molecule has 1 saturated heterocycles. The van der Waals surface area contributed by atoms with E-state index in [0.717, 1.165) is 6.54 Å². The van der Waals surface area contributed by atoms with Crippen LogP contribution in [0, 0.1) is 0 Å². The molecule has 1 aliphatic rings. The van der Waals surface area contributed by atoms with Crippen LogP contribution in [0.3, 0.4) is 0 Å². The average molecular weight is 198 g/mol. The van der Waals surface area contributed by atoms with Gasteiger partial charge in [-0.05, 0) is 58.4 Å². The van der Waals surface area contributed by atoms with Gasteiger partial charge in [-0.1, -0.05) is 19.8 Å². The van der Waals surface area contributed by atoms with E-state index in [9.17, 15) is 0 Å². The molecule has 0 atom stereocenters. The van der Waals surface area contributed by atoms with E-state index >= 15 is 0 Å². The normalized spacial score (nSPS) is 18.6. The summed E-state index contributed by atoms with van der Waals surface area (Å²) in [5, 5.41) is 3.37. The Kier molecular flexibility index (Phi) is 7.06. The molecule has 0 saturated carbocycles. The van der Waals surface area contributed by atoms with Gasteiger partial charge in [0.05, 0.1) is 0 Å². The molecular weight excluding hydrogens is 172 g/mol. The molecule has 0 aromatic rings. The first kappa shape index (κ1) is 12.0. The maximum atomic E-state index is 3.37. The highest BCUT2D eigenvalue weighted by molar-refractivity contribution is 4.64. The summed E-state index contributed by atoms with van der Waals surface area (Å²) in [5.74, 6) is 0. The predicted molar refractivity (Wildman–Crippen MR) is 62.7 cm³/mol. The largest absolute Gasteiger partial charge is 0.317 e. The standard InChI is InChI=1S/C12H26N2/c1-2-13-9-5-3-6-10-14-11-7-4-8-12-14/h13H,2-12H2,1H3. The lowest BCUT2D eigenvalue weighted by Gasteiger charge is -2.26. The van der Waals surface area contributed by atoms with Crippen LogP contribution in [0.15, 0.2) is 0 Å². The summed E-state index contributed by atoms with van der Waals surface area (Å²) >= 11 is 0. The number of nitrogens with zero attached hydrogens (tertiary/aromatic N) is 1. The van der Waals surface area contributed by atoms with Crippen molar-refractivity contribution in [2.24, 2.45) is 0 Å². The highest BCUT2D eigenvalue weighted by Gasteiger charge is 2.08. The monoisotopic (exact) mass is 198 g/mol. The van der Waals surface area contributed by atoms with Crippen molar-refractivity contribution in [3.63, 3.8) is 0 Å². The van der Waals surface area contributed by atoms with Crippen LogP contribution in [0.2, 0.25) is 0 Å². The second kappa shape index (κ2) is 8.25. The Morgan fingerprint density at radius 3 is 2.50 bits per heavy atom. The molecule has 1 fully saturated rings. The van der Waals surface area contributed by atoms with Crippen LogP contribution in [0.5, 0.6) is 0 Å². The summed E-state index contributed by atoms with van der Waals surface area (Å²) in [6.45, 7) is 8.54. The van der Waals surface area contributed by atoms with Gasteiger partial charge in [-0.2, -0.15) is 0 Å². The first-order chi connectivity index (χ1) is 6.93. The van der Waals surface area contributed by atoms with Gasteiger partial charge >= 0.3 is 0 Å². The summed E-state index contributed by atoms with van der Waals surface area (Å²) in [6, 6.07) is 0. The van der Waals surface area contributed by atoms with E-state index in [1.54, 1.807) is 0 Å².